The van der Waals surface area contributed by atoms with Crippen LogP contribution in [-0.2, 0) is 30.7 Å². The van der Waals surface area contributed by atoms with Crippen LogP contribution in [0.5, 0.6) is 5.75 Å². The van der Waals surface area contributed by atoms with Crippen LogP contribution in [0.4, 0.5) is 24.7 Å². The van der Waals surface area contributed by atoms with Gasteiger partial charge in [-0.25, -0.2) is 0 Å². The Kier molecular flexibility index (Phi) is 10.0. The highest BCUT2D eigenvalue weighted by molar-refractivity contribution is 5.61. The van der Waals surface area contributed by atoms with E-state index in [9.17, 15) is 22.8 Å². The fourth-order valence-corrected chi connectivity index (χ4v) is 5.65. The van der Waals surface area contributed by atoms with Crippen LogP contribution in [0, 0.1) is 0 Å². The summed E-state index contributed by atoms with van der Waals surface area (Å²) in [5.41, 5.74) is 2.49. The smallest absolute Gasteiger partial charge is 0.406 e. The van der Waals surface area contributed by atoms with Crippen LogP contribution in [-0.4, -0.2) is 51.4 Å². The van der Waals surface area contributed by atoms with Crippen LogP contribution in [0.1, 0.15) is 37.0 Å². The fourth-order valence-electron chi connectivity index (χ4n) is 5.65. The van der Waals surface area contributed by atoms with Crippen LogP contribution in [0.3, 0.4) is 0 Å². The minimum absolute atomic E-state index is 0.00418. The van der Waals surface area contributed by atoms with E-state index in [0.717, 1.165) is 41.9 Å². The Morgan fingerprint density at radius 3 is 2.42 bits per heavy atom. The van der Waals surface area contributed by atoms with Gasteiger partial charge in [0, 0.05) is 37.0 Å². The van der Waals surface area contributed by atoms with Crippen LogP contribution in [0.15, 0.2) is 82.5 Å². The third-order valence-corrected chi connectivity index (χ3v) is 7.73. The van der Waals surface area contributed by atoms with E-state index in [4.69, 9.17) is 4.74 Å². The van der Waals surface area contributed by atoms with Crippen molar-refractivity contribution in [3.8, 4) is 11.4 Å². The van der Waals surface area contributed by atoms with Crippen molar-refractivity contribution in [1.82, 2.24) is 19.2 Å². The maximum atomic E-state index is 13.6. The maximum Gasteiger partial charge on any atom is 0.573 e. The number of ether oxygens (including phenoxy) is 2. The van der Waals surface area contributed by atoms with Gasteiger partial charge < -0.3 is 19.4 Å². The molecule has 2 aromatic heterocycles. The first kappa shape index (κ1) is 32.0. The zero-order valence-electron chi connectivity index (χ0n) is 25.2. The Labute approximate surface area is 258 Å². The molecular weight excluding hydrogens is 587 g/mol. The average Bonchev–Trinajstić information content (AvgIpc) is 3.54. The predicted molar refractivity (Wildman–Crippen MR) is 165 cm³/mol. The Balaban J connectivity index is 0.00000196. The van der Waals surface area contributed by atoms with Crippen LogP contribution in [0.25, 0.3) is 5.69 Å². The SMILES string of the molecule is CC.O=c1c(Nc2nn(-c3ccc(OC(F)(F)F)cc3)c(=O)c3c2CCC3)cccn1CC1COCCN1Cc1ccccc1. The Bertz CT molecular complexity index is 1710. The van der Waals surface area contributed by atoms with E-state index in [2.05, 4.69) is 32.2 Å². The van der Waals surface area contributed by atoms with E-state index in [1.54, 1.807) is 22.9 Å². The highest BCUT2D eigenvalue weighted by Crippen LogP contribution is 2.28. The Morgan fingerprint density at radius 1 is 0.956 bits per heavy atom. The monoisotopic (exact) mass is 623 g/mol. The normalized spacial score (nSPS) is 16.4. The molecule has 2 aromatic carbocycles. The second kappa shape index (κ2) is 14.1. The van der Waals surface area contributed by atoms with Crippen molar-refractivity contribution in [3.05, 3.63) is 110 Å². The van der Waals surface area contributed by atoms with Gasteiger partial charge in [-0.15, -0.1) is 18.3 Å². The van der Waals surface area contributed by atoms with Crippen molar-refractivity contribution < 1.29 is 22.6 Å². The lowest BCUT2D eigenvalue weighted by atomic mass is 10.1. The van der Waals surface area contributed by atoms with Crippen molar-refractivity contribution >= 4 is 11.5 Å². The number of anilines is 2. The first-order chi connectivity index (χ1) is 21.7. The lowest BCUT2D eigenvalue weighted by molar-refractivity contribution is -0.274. The van der Waals surface area contributed by atoms with E-state index in [1.807, 2.05) is 32.0 Å². The molecule has 45 heavy (non-hydrogen) atoms. The number of benzene rings is 2. The number of nitrogens with one attached hydrogen (secondary N) is 1. The summed E-state index contributed by atoms with van der Waals surface area (Å²) in [4.78, 5) is 29.2. The molecule has 0 saturated carbocycles. The molecule has 1 N–H and O–H groups in total. The molecule has 1 aliphatic heterocycles. The third-order valence-electron chi connectivity index (χ3n) is 7.73. The lowest BCUT2D eigenvalue weighted by Crippen LogP contribution is -2.48. The predicted octanol–water partition coefficient (Wildman–Crippen LogP) is 5.45. The molecule has 1 atom stereocenters. The molecule has 9 nitrogen and oxygen atoms in total. The fraction of sp³-hybridized carbons (Fsp3) is 0.364. The molecule has 12 heteroatoms. The number of rotatable bonds is 8. The number of morpholine rings is 1. The lowest BCUT2D eigenvalue weighted by Gasteiger charge is -2.36. The molecular formula is C33H36F3N5O4. The zero-order chi connectivity index (χ0) is 32.0. The molecule has 0 spiro atoms. The summed E-state index contributed by atoms with van der Waals surface area (Å²) in [6, 6.07) is 18.5. The summed E-state index contributed by atoms with van der Waals surface area (Å²) in [5.74, 6) is -0.0383. The summed E-state index contributed by atoms with van der Waals surface area (Å²) in [5, 5.41) is 7.67. The van der Waals surface area contributed by atoms with E-state index < -0.39 is 12.1 Å². The standard InChI is InChI=1S/C31H30F3N5O4.C2H6/c32-31(33,34)43-24-13-11-22(12-14-24)39-29(40)26-9-4-8-25(26)28(36-39)35-27-10-5-15-38(30(27)41)19-23-20-42-17-16-37(23)18-21-6-2-1-3-7-21;1-2/h1-3,5-7,10-15,23H,4,8-9,16-20H2,(H,35,36);1-2H3. The van der Waals surface area contributed by atoms with Gasteiger partial charge in [0.25, 0.3) is 11.1 Å². The van der Waals surface area contributed by atoms with E-state index in [-0.39, 0.29) is 22.8 Å². The van der Waals surface area contributed by atoms with Crippen molar-refractivity contribution in [2.45, 2.75) is 58.6 Å². The highest BCUT2D eigenvalue weighted by atomic mass is 19.4. The molecule has 1 saturated heterocycles. The van der Waals surface area contributed by atoms with Gasteiger partial charge in [0.05, 0.1) is 24.9 Å². The molecule has 2 aliphatic rings. The summed E-state index contributed by atoms with van der Waals surface area (Å²) < 4.78 is 50.3. The maximum absolute atomic E-state index is 13.6. The van der Waals surface area contributed by atoms with Crippen LogP contribution < -0.4 is 21.2 Å². The van der Waals surface area contributed by atoms with Gasteiger partial charge in [-0.05, 0) is 61.2 Å². The largest absolute Gasteiger partial charge is 0.573 e. The van der Waals surface area contributed by atoms with Gasteiger partial charge in [0.2, 0.25) is 0 Å². The number of hydrogen-bond acceptors (Lipinski definition) is 7. The van der Waals surface area contributed by atoms with Crippen molar-refractivity contribution in [2.24, 2.45) is 0 Å². The molecule has 0 bridgehead atoms. The number of fused-ring (bicyclic) bond motifs is 1. The molecule has 6 rings (SSSR count). The molecule has 0 radical (unpaired) electrons. The first-order valence-corrected chi connectivity index (χ1v) is 15.1. The third kappa shape index (κ3) is 7.63. The number of hydrogen-bond donors (Lipinski definition) is 1. The van der Waals surface area contributed by atoms with Gasteiger partial charge >= 0.3 is 6.36 Å². The highest BCUT2D eigenvalue weighted by Gasteiger charge is 2.31. The summed E-state index contributed by atoms with van der Waals surface area (Å²) >= 11 is 0. The van der Waals surface area contributed by atoms with Gasteiger partial charge in [-0.2, -0.15) is 4.68 Å². The minimum atomic E-state index is -4.83. The number of nitrogens with zero attached hydrogens (tertiary/aromatic N) is 4. The molecule has 4 aromatic rings. The Hall–Kier alpha value is -4.42. The van der Waals surface area contributed by atoms with Gasteiger partial charge in [-0.3, -0.25) is 14.5 Å². The van der Waals surface area contributed by atoms with Crippen LogP contribution in [0.2, 0.25) is 0 Å². The first-order valence-electron chi connectivity index (χ1n) is 15.1. The molecule has 238 valence electrons. The second-order valence-electron chi connectivity index (χ2n) is 10.6. The molecule has 1 aliphatic carbocycles. The van der Waals surface area contributed by atoms with Crippen molar-refractivity contribution in [1.29, 1.82) is 0 Å². The minimum Gasteiger partial charge on any atom is -0.406 e. The molecule has 0 amide bonds. The van der Waals surface area contributed by atoms with Gasteiger partial charge in [0.15, 0.2) is 5.82 Å². The average molecular weight is 624 g/mol. The second-order valence-corrected chi connectivity index (χ2v) is 10.6. The summed E-state index contributed by atoms with van der Waals surface area (Å²) in [6.45, 7) is 7.07. The van der Waals surface area contributed by atoms with Gasteiger partial charge in [-0.1, -0.05) is 44.2 Å². The summed E-state index contributed by atoms with van der Waals surface area (Å²) in [7, 11) is 0. The van der Waals surface area contributed by atoms with Crippen molar-refractivity contribution in [2.75, 3.05) is 25.1 Å². The van der Waals surface area contributed by atoms with E-state index >= 15 is 0 Å². The number of aromatic nitrogens is 3. The van der Waals surface area contributed by atoms with Crippen LogP contribution >= 0.6 is 0 Å². The van der Waals surface area contributed by atoms with E-state index in [0.29, 0.717) is 49.7 Å². The molecule has 1 unspecified atom stereocenters. The molecule has 3 heterocycles. The Morgan fingerprint density at radius 2 is 1.69 bits per heavy atom. The van der Waals surface area contributed by atoms with Crippen molar-refractivity contribution in [3.63, 3.8) is 0 Å². The number of alkyl halides is 3. The number of pyridine rings is 1. The van der Waals surface area contributed by atoms with Gasteiger partial charge in [0.1, 0.15) is 11.4 Å². The molecule has 1 fully saturated rings. The topological polar surface area (TPSA) is 90.6 Å². The zero-order valence-corrected chi connectivity index (χ0v) is 25.2. The number of halogens is 3. The van der Waals surface area contributed by atoms with E-state index in [1.165, 1.54) is 17.7 Å². The quantitative estimate of drug-likeness (QED) is 0.279. The summed E-state index contributed by atoms with van der Waals surface area (Å²) in [6.07, 6.45) is -1.17.